The van der Waals surface area contributed by atoms with E-state index in [4.69, 9.17) is 0 Å². The third kappa shape index (κ3) is 2.42. The maximum Gasteiger partial charge on any atom is 0.0555 e. The van der Waals surface area contributed by atoms with Crippen molar-refractivity contribution in [3.05, 3.63) is 48.5 Å². The predicted octanol–water partition coefficient (Wildman–Crippen LogP) is 4.77. The molecule has 2 aromatic rings. The zero-order chi connectivity index (χ0) is 14.9. The van der Waals surface area contributed by atoms with Gasteiger partial charge in [-0.05, 0) is 50.2 Å². The van der Waals surface area contributed by atoms with Crippen molar-refractivity contribution in [2.24, 2.45) is 0 Å². The SMILES string of the molecule is CCN1CCC[C@H](N2c3ccccc3Sc3ccccc32)C1. The predicted molar refractivity (Wildman–Crippen MR) is 94.3 cm³/mol. The zero-order valence-electron chi connectivity index (χ0n) is 13.0. The van der Waals surface area contributed by atoms with E-state index < -0.39 is 0 Å². The van der Waals surface area contributed by atoms with Gasteiger partial charge in [0.1, 0.15) is 0 Å². The van der Waals surface area contributed by atoms with E-state index in [2.05, 4.69) is 65.3 Å². The molecule has 0 aliphatic carbocycles. The summed E-state index contributed by atoms with van der Waals surface area (Å²) in [5.41, 5.74) is 2.77. The van der Waals surface area contributed by atoms with Crippen molar-refractivity contribution in [2.45, 2.75) is 35.6 Å². The summed E-state index contributed by atoms with van der Waals surface area (Å²) in [5, 5.41) is 0. The van der Waals surface area contributed by atoms with Crippen LogP contribution in [0.25, 0.3) is 0 Å². The van der Waals surface area contributed by atoms with Gasteiger partial charge in [-0.1, -0.05) is 43.0 Å². The molecule has 2 heterocycles. The van der Waals surface area contributed by atoms with Crippen molar-refractivity contribution in [1.29, 1.82) is 0 Å². The Morgan fingerprint density at radius 1 is 1.00 bits per heavy atom. The molecule has 0 unspecified atom stereocenters. The van der Waals surface area contributed by atoms with E-state index in [1.54, 1.807) is 0 Å². The fourth-order valence-corrected chi connectivity index (χ4v) is 4.73. The topological polar surface area (TPSA) is 6.48 Å². The molecular formula is C19H22N2S. The Labute approximate surface area is 137 Å². The van der Waals surface area contributed by atoms with Gasteiger partial charge in [0.15, 0.2) is 0 Å². The number of hydrogen-bond acceptors (Lipinski definition) is 3. The average molecular weight is 310 g/mol. The van der Waals surface area contributed by atoms with E-state index in [1.165, 1.54) is 47.1 Å². The summed E-state index contributed by atoms with van der Waals surface area (Å²) < 4.78 is 0. The standard InChI is InChI=1S/C19H22N2S/c1-2-20-13-7-8-15(14-20)21-16-9-3-5-11-18(16)22-19-12-6-4-10-17(19)21/h3-6,9-12,15H,2,7-8,13-14H2,1H3/t15-/m0/s1. The van der Waals surface area contributed by atoms with Crippen LogP contribution in [0.4, 0.5) is 11.4 Å². The van der Waals surface area contributed by atoms with Gasteiger partial charge in [0, 0.05) is 22.4 Å². The lowest BCUT2D eigenvalue weighted by molar-refractivity contribution is 0.218. The lowest BCUT2D eigenvalue weighted by atomic mass is 10.0. The number of nitrogens with zero attached hydrogens (tertiary/aromatic N) is 2. The summed E-state index contributed by atoms with van der Waals surface area (Å²) in [4.78, 5) is 7.95. The molecule has 1 saturated heterocycles. The van der Waals surface area contributed by atoms with Crippen molar-refractivity contribution in [2.75, 3.05) is 24.5 Å². The first-order chi connectivity index (χ1) is 10.9. The molecule has 0 amide bonds. The first-order valence-corrected chi connectivity index (χ1v) is 9.06. The minimum Gasteiger partial charge on any atom is -0.335 e. The molecule has 114 valence electrons. The third-order valence-corrected chi connectivity index (χ3v) is 5.89. The Morgan fingerprint density at radius 3 is 2.27 bits per heavy atom. The molecule has 2 aliphatic heterocycles. The van der Waals surface area contributed by atoms with Gasteiger partial charge in [-0.2, -0.15) is 0 Å². The van der Waals surface area contributed by atoms with Gasteiger partial charge in [-0.15, -0.1) is 0 Å². The third-order valence-electron chi connectivity index (χ3n) is 4.76. The largest absolute Gasteiger partial charge is 0.335 e. The Kier molecular flexibility index (Phi) is 3.85. The molecule has 0 N–H and O–H groups in total. The lowest BCUT2D eigenvalue weighted by Crippen LogP contribution is -2.46. The normalized spacial score (nSPS) is 21.3. The maximum atomic E-state index is 2.60. The van der Waals surface area contributed by atoms with Crippen LogP contribution >= 0.6 is 11.8 Å². The fourth-order valence-electron chi connectivity index (χ4n) is 3.66. The summed E-state index contributed by atoms with van der Waals surface area (Å²) in [5.74, 6) is 0. The van der Waals surface area contributed by atoms with Gasteiger partial charge in [-0.3, -0.25) is 0 Å². The van der Waals surface area contributed by atoms with Crippen molar-refractivity contribution in [3.8, 4) is 0 Å². The van der Waals surface area contributed by atoms with Crippen LogP contribution in [0.5, 0.6) is 0 Å². The summed E-state index contributed by atoms with van der Waals surface area (Å²) in [6.45, 7) is 5.85. The molecule has 2 aliphatic rings. The average Bonchev–Trinajstić information content (AvgIpc) is 2.59. The molecule has 1 fully saturated rings. The van der Waals surface area contributed by atoms with Crippen molar-refractivity contribution in [3.63, 3.8) is 0 Å². The van der Waals surface area contributed by atoms with Crippen LogP contribution in [0.3, 0.4) is 0 Å². The van der Waals surface area contributed by atoms with E-state index in [-0.39, 0.29) is 0 Å². The smallest absolute Gasteiger partial charge is 0.0555 e. The molecular weight excluding hydrogens is 288 g/mol. The molecule has 2 nitrogen and oxygen atoms in total. The number of piperidine rings is 1. The fraction of sp³-hybridized carbons (Fsp3) is 0.368. The first-order valence-electron chi connectivity index (χ1n) is 8.24. The van der Waals surface area contributed by atoms with E-state index in [9.17, 15) is 0 Å². The molecule has 0 spiro atoms. The highest BCUT2D eigenvalue weighted by Gasteiger charge is 2.31. The first kappa shape index (κ1) is 14.2. The molecule has 4 rings (SSSR count). The quantitative estimate of drug-likeness (QED) is 0.788. The Balaban J connectivity index is 1.77. The van der Waals surface area contributed by atoms with Crippen LogP contribution in [0.1, 0.15) is 19.8 Å². The molecule has 3 heteroatoms. The van der Waals surface area contributed by atoms with Crippen molar-refractivity contribution < 1.29 is 0 Å². The van der Waals surface area contributed by atoms with Gasteiger partial charge in [-0.25, -0.2) is 0 Å². The monoisotopic (exact) mass is 310 g/mol. The number of anilines is 2. The van der Waals surface area contributed by atoms with Crippen molar-refractivity contribution in [1.82, 2.24) is 4.90 Å². The summed E-state index contributed by atoms with van der Waals surface area (Å²) in [6, 6.07) is 18.3. The van der Waals surface area contributed by atoms with Gasteiger partial charge in [0.25, 0.3) is 0 Å². The maximum absolute atomic E-state index is 2.60. The number of para-hydroxylation sites is 2. The van der Waals surface area contributed by atoms with E-state index in [1.807, 2.05) is 11.8 Å². The number of hydrogen-bond donors (Lipinski definition) is 0. The highest BCUT2D eigenvalue weighted by Crippen LogP contribution is 2.49. The van der Waals surface area contributed by atoms with Crippen LogP contribution in [0.15, 0.2) is 58.3 Å². The highest BCUT2D eigenvalue weighted by atomic mass is 32.2. The number of fused-ring (bicyclic) bond motifs is 2. The van der Waals surface area contributed by atoms with Gasteiger partial charge < -0.3 is 9.80 Å². The second-order valence-corrected chi connectivity index (χ2v) is 7.18. The Hall–Kier alpha value is -1.45. The van der Waals surface area contributed by atoms with E-state index >= 15 is 0 Å². The minimum atomic E-state index is 0.580. The summed E-state index contributed by atoms with van der Waals surface area (Å²) in [6.07, 6.45) is 2.58. The molecule has 0 saturated carbocycles. The lowest BCUT2D eigenvalue weighted by Gasteiger charge is -2.43. The molecule has 0 aromatic heterocycles. The van der Waals surface area contributed by atoms with E-state index in [0.29, 0.717) is 6.04 Å². The molecule has 0 bridgehead atoms. The van der Waals surface area contributed by atoms with E-state index in [0.717, 1.165) is 6.54 Å². The van der Waals surface area contributed by atoms with Crippen molar-refractivity contribution >= 4 is 23.1 Å². The zero-order valence-corrected chi connectivity index (χ0v) is 13.9. The number of benzene rings is 2. The van der Waals surface area contributed by atoms with Crippen LogP contribution in [0.2, 0.25) is 0 Å². The molecule has 0 radical (unpaired) electrons. The second-order valence-electron chi connectivity index (χ2n) is 6.10. The van der Waals surface area contributed by atoms with Gasteiger partial charge >= 0.3 is 0 Å². The summed E-state index contributed by atoms with van der Waals surface area (Å²) in [7, 11) is 0. The second kappa shape index (κ2) is 5.98. The van der Waals surface area contributed by atoms with Crippen LogP contribution in [0, 0.1) is 0 Å². The van der Waals surface area contributed by atoms with Gasteiger partial charge in [0.05, 0.1) is 11.4 Å². The Morgan fingerprint density at radius 2 is 1.64 bits per heavy atom. The number of likely N-dealkylation sites (tertiary alicyclic amines) is 1. The number of likely N-dealkylation sites (N-methyl/N-ethyl adjacent to an activating group) is 1. The van der Waals surface area contributed by atoms with Crippen LogP contribution in [-0.2, 0) is 0 Å². The minimum absolute atomic E-state index is 0.580. The Bertz CT molecular complexity index is 624. The van der Waals surface area contributed by atoms with Crippen LogP contribution in [-0.4, -0.2) is 30.6 Å². The van der Waals surface area contributed by atoms with Gasteiger partial charge in [0.2, 0.25) is 0 Å². The summed E-state index contributed by atoms with van der Waals surface area (Å²) >= 11 is 1.90. The number of rotatable bonds is 2. The molecule has 1 atom stereocenters. The molecule has 2 aromatic carbocycles. The highest BCUT2D eigenvalue weighted by molar-refractivity contribution is 7.99. The molecule has 22 heavy (non-hydrogen) atoms. The van der Waals surface area contributed by atoms with Crippen LogP contribution < -0.4 is 4.90 Å².